The number of nitrogens with zero attached hydrogens (tertiary/aromatic N) is 3. The molecule has 0 aliphatic rings. The van der Waals surface area contributed by atoms with Gasteiger partial charge in [0.2, 0.25) is 0 Å². The third-order valence-corrected chi connectivity index (χ3v) is 6.31. The molecule has 60 heavy (non-hydrogen) atoms. The van der Waals surface area contributed by atoms with Crippen molar-refractivity contribution < 1.29 is 86.0 Å². The molecule has 0 spiro atoms. The van der Waals surface area contributed by atoms with Gasteiger partial charge in [0.1, 0.15) is 34.6 Å². The van der Waals surface area contributed by atoms with Crippen LogP contribution in [0.25, 0.3) is 0 Å². The van der Waals surface area contributed by atoms with Crippen LogP contribution in [-0.4, -0.2) is 79.6 Å². The van der Waals surface area contributed by atoms with E-state index in [-0.39, 0.29) is 12.3 Å². The molecule has 4 aromatic rings. The number of rotatable bonds is 14. The monoisotopic (exact) mass is 873 g/mol. The molecule has 0 bridgehead atoms. The second kappa shape index (κ2) is 23.2. The highest BCUT2D eigenvalue weighted by Crippen LogP contribution is 2.30. The predicted molar refractivity (Wildman–Crippen MR) is 183 cm³/mol. The zero-order valence-electron chi connectivity index (χ0n) is 30.3. The van der Waals surface area contributed by atoms with E-state index < -0.39 is 98.0 Å². The predicted octanol–water partition coefficient (Wildman–Crippen LogP) is 7.68. The Morgan fingerprint density at radius 3 is 1.45 bits per heavy atom. The molecule has 0 fully saturated rings. The Hall–Kier alpha value is -6.51. The molecule has 4 rings (SSSR count). The SMILES string of the molecule is N#CCOC(=O)c1cc(OCC(F)(F)F)ccc1OCC(F)(F)F.NCc1ccccn1.O=C(NCc1ccccn1)c1cc(OCC(F)(F)F)ccc1OCC(F)(F)F. The molecule has 0 saturated carbocycles. The van der Waals surface area contributed by atoms with Crippen LogP contribution in [0.3, 0.4) is 0 Å². The molecule has 1 amide bonds. The molecule has 0 atom stereocenters. The van der Waals surface area contributed by atoms with E-state index in [1.54, 1.807) is 24.4 Å². The molecule has 0 aliphatic heterocycles. The molecule has 2 aromatic carbocycles. The minimum atomic E-state index is -4.70. The standard InChI is InChI=1S/C17H14F6N2O3.C13H9F6NO4.C6H8N2/c18-16(19,20)9-27-12-4-5-14(28-10-17(21,22)23)13(7-12)15(26)25-8-11-3-1-2-6-24-11;14-12(15,16)6-23-8-1-2-10(24-7-13(17,18)19)9(5-8)11(21)22-4-3-20;7-5-6-3-1-2-4-8-6/h1-7H,8-10H2,(H,25,26);1-2,5H,4,6-7H2;1-4H,5,7H2. The minimum Gasteiger partial charge on any atom is -0.484 e. The van der Waals surface area contributed by atoms with Crippen LogP contribution in [-0.2, 0) is 17.8 Å². The summed E-state index contributed by atoms with van der Waals surface area (Å²) < 4.78 is 169. The number of benzene rings is 2. The molecule has 2 aromatic heterocycles. The van der Waals surface area contributed by atoms with Crippen molar-refractivity contribution in [2.75, 3.05) is 33.0 Å². The summed E-state index contributed by atoms with van der Waals surface area (Å²) in [4.78, 5) is 32.0. The first-order valence-corrected chi connectivity index (χ1v) is 16.4. The molecular formula is C36H31F12N5O7. The van der Waals surface area contributed by atoms with Crippen molar-refractivity contribution in [1.29, 1.82) is 5.26 Å². The largest absolute Gasteiger partial charge is 0.484 e. The summed E-state index contributed by atoms with van der Waals surface area (Å²) in [5, 5.41) is 10.7. The number of carbonyl (C=O) groups is 2. The zero-order valence-corrected chi connectivity index (χ0v) is 30.3. The first-order chi connectivity index (χ1) is 28.0. The molecule has 326 valence electrons. The lowest BCUT2D eigenvalue weighted by molar-refractivity contribution is -0.154. The number of hydrogen-bond donors (Lipinski definition) is 2. The normalized spacial score (nSPS) is 11.3. The third kappa shape index (κ3) is 21.3. The van der Waals surface area contributed by atoms with E-state index in [0.717, 1.165) is 42.1 Å². The average Bonchev–Trinajstić information content (AvgIpc) is 3.19. The van der Waals surface area contributed by atoms with Crippen molar-refractivity contribution in [2.45, 2.75) is 37.8 Å². The molecule has 0 saturated heterocycles. The lowest BCUT2D eigenvalue weighted by Crippen LogP contribution is -2.26. The summed E-state index contributed by atoms with van der Waals surface area (Å²) in [7, 11) is 0. The van der Waals surface area contributed by atoms with Crippen molar-refractivity contribution in [3.63, 3.8) is 0 Å². The molecule has 12 nitrogen and oxygen atoms in total. The minimum absolute atomic E-state index is 0.0496. The van der Waals surface area contributed by atoms with Gasteiger partial charge in [-0.05, 0) is 60.7 Å². The van der Waals surface area contributed by atoms with Crippen molar-refractivity contribution in [3.8, 4) is 29.1 Å². The first-order valence-electron chi connectivity index (χ1n) is 16.4. The smallest absolute Gasteiger partial charge is 0.422 e. The van der Waals surface area contributed by atoms with Gasteiger partial charge < -0.3 is 34.7 Å². The lowest BCUT2D eigenvalue weighted by Gasteiger charge is -2.15. The fourth-order valence-electron chi connectivity index (χ4n) is 3.90. The van der Waals surface area contributed by atoms with E-state index in [4.69, 9.17) is 11.0 Å². The van der Waals surface area contributed by atoms with E-state index in [0.29, 0.717) is 12.2 Å². The fourth-order valence-corrected chi connectivity index (χ4v) is 3.90. The van der Waals surface area contributed by atoms with Gasteiger partial charge in [-0.15, -0.1) is 0 Å². The number of carbonyl (C=O) groups excluding carboxylic acids is 2. The van der Waals surface area contributed by atoms with Gasteiger partial charge in [0.05, 0.1) is 23.5 Å². The van der Waals surface area contributed by atoms with Gasteiger partial charge in [0.25, 0.3) is 5.91 Å². The first kappa shape index (κ1) is 49.6. The number of pyridine rings is 2. The van der Waals surface area contributed by atoms with E-state index in [1.807, 2.05) is 18.2 Å². The van der Waals surface area contributed by atoms with E-state index in [1.165, 1.54) is 12.3 Å². The summed E-state index contributed by atoms with van der Waals surface area (Å²) in [5.74, 6) is -3.91. The van der Waals surface area contributed by atoms with Gasteiger partial charge in [-0.2, -0.15) is 57.9 Å². The van der Waals surface area contributed by atoms with Gasteiger partial charge in [-0.25, -0.2) is 4.79 Å². The maximum Gasteiger partial charge on any atom is 0.422 e. The van der Waals surface area contributed by atoms with Crippen LogP contribution in [0.2, 0.25) is 0 Å². The highest BCUT2D eigenvalue weighted by molar-refractivity contribution is 5.97. The Morgan fingerprint density at radius 2 is 1.05 bits per heavy atom. The maximum absolute atomic E-state index is 12.4. The Kier molecular flexibility index (Phi) is 19.2. The number of nitrogens with two attached hydrogens (primary N) is 1. The number of esters is 1. The summed E-state index contributed by atoms with van der Waals surface area (Å²) >= 11 is 0. The second-order valence-electron chi connectivity index (χ2n) is 11.2. The zero-order chi connectivity index (χ0) is 45.0. The molecular weight excluding hydrogens is 842 g/mol. The highest BCUT2D eigenvalue weighted by Gasteiger charge is 2.32. The summed E-state index contributed by atoms with van der Waals surface area (Å²) in [6, 6.07) is 17.3. The topological polar surface area (TPSA) is 168 Å². The number of nitrogens with one attached hydrogen (secondary N) is 1. The second-order valence-corrected chi connectivity index (χ2v) is 11.2. The van der Waals surface area contributed by atoms with Crippen molar-refractivity contribution >= 4 is 11.9 Å². The summed E-state index contributed by atoms with van der Waals surface area (Å²) in [6.07, 6.45) is -15.4. The Morgan fingerprint density at radius 1 is 0.617 bits per heavy atom. The van der Waals surface area contributed by atoms with Crippen LogP contribution in [0.4, 0.5) is 52.7 Å². The van der Waals surface area contributed by atoms with Crippen LogP contribution < -0.4 is 30.0 Å². The number of hydrogen-bond acceptors (Lipinski definition) is 11. The number of aromatic nitrogens is 2. The Balaban J connectivity index is 0.000000351. The van der Waals surface area contributed by atoms with Gasteiger partial charge in [-0.3, -0.25) is 14.8 Å². The molecule has 2 heterocycles. The molecule has 0 unspecified atom stereocenters. The third-order valence-electron chi connectivity index (χ3n) is 6.31. The van der Waals surface area contributed by atoms with Gasteiger partial charge in [-0.1, -0.05) is 12.1 Å². The maximum atomic E-state index is 12.4. The number of nitriles is 1. The molecule has 0 radical (unpaired) electrons. The summed E-state index contributed by atoms with van der Waals surface area (Å²) in [6.45, 7) is -6.91. The van der Waals surface area contributed by atoms with Crippen LogP contribution in [0.1, 0.15) is 32.1 Å². The van der Waals surface area contributed by atoms with Crippen molar-refractivity contribution in [2.24, 2.45) is 5.73 Å². The quantitative estimate of drug-likeness (QED) is 0.0942. The number of alkyl halides is 12. The van der Waals surface area contributed by atoms with E-state index in [2.05, 4.69) is 39.0 Å². The lowest BCUT2D eigenvalue weighted by atomic mass is 10.1. The number of halogens is 12. The molecule has 0 aliphatic carbocycles. The molecule has 3 N–H and O–H groups in total. The van der Waals surface area contributed by atoms with Crippen LogP contribution in [0.15, 0.2) is 85.2 Å². The summed E-state index contributed by atoms with van der Waals surface area (Å²) in [5.41, 5.74) is 5.69. The Bertz CT molecular complexity index is 1980. The van der Waals surface area contributed by atoms with Crippen LogP contribution >= 0.6 is 0 Å². The highest BCUT2D eigenvalue weighted by atomic mass is 19.4. The van der Waals surface area contributed by atoms with Gasteiger partial charge in [0.15, 0.2) is 33.0 Å². The Labute approximate surface area is 331 Å². The number of ether oxygens (including phenoxy) is 5. The van der Waals surface area contributed by atoms with Gasteiger partial charge >= 0.3 is 30.7 Å². The fraction of sp³-hybridized carbons (Fsp3) is 0.306. The van der Waals surface area contributed by atoms with E-state index >= 15 is 0 Å². The van der Waals surface area contributed by atoms with Crippen molar-refractivity contribution in [1.82, 2.24) is 15.3 Å². The molecule has 24 heteroatoms. The van der Waals surface area contributed by atoms with E-state index in [9.17, 15) is 62.3 Å². The number of amides is 1. The van der Waals surface area contributed by atoms with Crippen LogP contribution in [0, 0.1) is 11.3 Å². The van der Waals surface area contributed by atoms with Crippen molar-refractivity contribution in [3.05, 3.63) is 108 Å². The van der Waals surface area contributed by atoms with Gasteiger partial charge in [0, 0.05) is 18.9 Å². The average molecular weight is 874 g/mol. The van der Waals surface area contributed by atoms with Crippen LogP contribution in [0.5, 0.6) is 23.0 Å².